The fourth-order valence-corrected chi connectivity index (χ4v) is 1.76. The van der Waals surface area contributed by atoms with Crippen molar-refractivity contribution < 1.29 is 14.7 Å². The first-order chi connectivity index (χ1) is 9.15. The molecule has 1 amide bonds. The van der Waals surface area contributed by atoms with E-state index in [0.717, 1.165) is 25.7 Å². The topological polar surface area (TPSA) is 79.3 Å². The van der Waals surface area contributed by atoms with Crippen LogP contribution in [0.3, 0.4) is 0 Å². The van der Waals surface area contributed by atoms with Gasteiger partial charge in [-0.2, -0.15) is 0 Å². The van der Waals surface area contributed by atoms with Crippen molar-refractivity contribution in [1.29, 1.82) is 0 Å². The molecule has 0 aromatic carbocycles. The van der Waals surface area contributed by atoms with Gasteiger partial charge in [-0.15, -0.1) is 0 Å². The molecule has 0 spiro atoms. The number of carboxylic acids is 1. The molecule has 0 fully saturated rings. The predicted octanol–water partition coefficient (Wildman–Crippen LogP) is 2.23. The van der Waals surface area contributed by atoms with Crippen molar-refractivity contribution in [1.82, 2.24) is 10.3 Å². The Kier molecular flexibility index (Phi) is 6.57. The van der Waals surface area contributed by atoms with Crippen molar-refractivity contribution in [2.45, 2.75) is 45.1 Å². The highest BCUT2D eigenvalue weighted by atomic mass is 16.4. The first-order valence-electron chi connectivity index (χ1n) is 6.60. The summed E-state index contributed by atoms with van der Waals surface area (Å²) in [5, 5.41) is 11.6. The molecular weight excluding hydrogens is 244 g/mol. The number of hydrogen-bond donors (Lipinski definition) is 2. The van der Waals surface area contributed by atoms with Crippen molar-refractivity contribution >= 4 is 11.9 Å². The maximum absolute atomic E-state index is 11.8. The van der Waals surface area contributed by atoms with Crippen LogP contribution in [0.15, 0.2) is 24.4 Å². The average molecular weight is 264 g/mol. The van der Waals surface area contributed by atoms with E-state index in [1.165, 1.54) is 6.20 Å². The zero-order valence-electron chi connectivity index (χ0n) is 11.1. The van der Waals surface area contributed by atoms with E-state index in [0.29, 0.717) is 6.42 Å². The molecule has 0 bridgehead atoms. The Hall–Kier alpha value is -1.91. The number of carbonyl (C=O) groups excluding carboxylic acids is 1. The number of nitrogens with zero attached hydrogens (tertiary/aromatic N) is 1. The number of hydrogen-bond acceptors (Lipinski definition) is 3. The Morgan fingerprint density at radius 2 is 2.11 bits per heavy atom. The van der Waals surface area contributed by atoms with Crippen molar-refractivity contribution in [3.05, 3.63) is 30.1 Å². The van der Waals surface area contributed by atoms with Crippen LogP contribution in [0.1, 0.15) is 49.5 Å². The molecule has 104 valence electrons. The smallest absolute Gasteiger partial charge is 0.326 e. The number of aromatic nitrogens is 1. The Balaban J connectivity index is 2.49. The third kappa shape index (κ3) is 5.50. The van der Waals surface area contributed by atoms with E-state index in [4.69, 9.17) is 5.11 Å². The summed E-state index contributed by atoms with van der Waals surface area (Å²) < 4.78 is 0. The highest BCUT2D eigenvalue weighted by Gasteiger charge is 2.20. The van der Waals surface area contributed by atoms with Crippen LogP contribution in [-0.4, -0.2) is 28.0 Å². The van der Waals surface area contributed by atoms with E-state index in [9.17, 15) is 9.59 Å². The van der Waals surface area contributed by atoms with Gasteiger partial charge in [-0.05, 0) is 18.6 Å². The molecule has 19 heavy (non-hydrogen) atoms. The summed E-state index contributed by atoms with van der Waals surface area (Å²) in [4.78, 5) is 26.8. The second-order valence-electron chi connectivity index (χ2n) is 4.43. The molecule has 2 N–H and O–H groups in total. The van der Waals surface area contributed by atoms with E-state index in [1.807, 2.05) is 0 Å². The van der Waals surface area contributed by atoms with Gasteiger partial charge in [0.15, 0.2) is 0 Å². The lowest BCUT2D eigenvalue weighted by Crippen LogP contribution is -2.41. The van der Waals surface area contributed by atoms with Crippen molar-refractivity contribution in [3.8, 4) is 0 Å². The number of aliphatic carboxylic acids is 1. The maximum atomic E-state index is 11.8. The number of pyridine rings is 1. The first-order valence-corrected chi connectivity index (χ1v) is 6.60. The SMILES string of the molecule is CCCCCC[C@@H](NC(=O)c1ccccn1)C(=O)O. The van der Waals surface area contributed by atoms with Gasteiger partial charge >= 0.3 is 5.97 Å². The lowest BCUT2D eigenvalue weighted by atomic mass is 10.1. The van der Waals surface area contributed by atoms with E-state index in [2.05, 4.69) is 17.2 Å². The molecule has 0 saturated carbocycles. The minimum atomic E-state index is -0.999. The fourth-order valence-electron chi connectivity index (χ4n) is 1.76. The maximum Gasteiger partial charge on any atom is 0.326 e. The van der Waals surface area contributed by atoms with Gasteiger partial charge in [-0.3, -0.25) is 9.78 Å². The fraction of sp³-hybridized carbons (Fsp3) is 0.500. The summed E-state index contributed by atoms with van der Waals surface area (Å²) in [7, 11) is 0. The van der Waals surface area contributed by atoms with Crippen LogP contribution in [0.2, 0.25) is 0 Å². The second-order valence-corrected chi connectivity index (χ2v) is 4.43. The molecule has 1 atom stereocenters. The van der Waals surface area contributed by atoms with Gasteiger partial charge in [0.2, 0.25) is 0 Å². The number of rotatable bonds is 8. The summed E-state index contributed by atoms with van der Waals surface area (Å²) in [5.74, 6) is -1.44. The molecule has 5 nitrogen and oxygen atoms in total. The Labute approximate surface area is 113 Å². The van der Waals surface area contributed by atoms with Crippen LogP contribution < -0.4 is 5.32 Å². The molecule has 0 unspecified atom stereocenters. The number of nitrogens with one attached hydrogen (secondary N) is 1. The van der Waals surface area contributed by atoms with Gasteiger partial charge < -0.3 is 10.4 Å². The Morgan fingerprint density at radius 1 is 1.32 bits per heavy atom. The molecule has 0 aliphatic heterocycles. The summed E-state index contributed by atoms with van der Waals surface area (Å²) in [6, 6.07) is 4.12. The number of carboxylic acid groups (broad SMARTS) is 1. The predicted molar refractivity (Wildman–Crippen MR) is 71.9 cm³/mol. The molecule has 1 rings (SSSR count). The largest absolute Gasteiger partial charge is 0.480 e. The molecule has 0 aliphatic rings. The number of carbonyl (C=O) groups is 2. The highest BCUT2D eigenvalue weighted by Crippen LogP contribution is 2.06. The normalized spacial score (nSPS) is 11.8. The summed E-state index contributed by atoms with van der Waals surface area (Å²) in [6.07, 6.45) is 5.92. The van der Waals surface area contributed by atoms with Crippen LogP contribution in [0.4, 0.5) is 0 Å². The van der Waals surface area contributed by atoms with Gasteiger partial charge in [0, 0.05) is 6.20 Å². The third-order valence-corrected chi connectivity index (χ3v) is 2.85. The van der Waals surface area contributed by atoms with Gasteiger partial charge in [0.25, 0.3) is 5.91 Å². The lowest BCUT2D eigenvalue weighted by molar-refractivity contribution is -0.139. The van der Waals surface area contributed by atoms with Gasteiger partial charge in [0.1, 0.15) is 11.7 Å². The van der Waals surface area contributed by atoms with Crippen LogP contribution in [0.5, 0.6) is 0 Å². The van der Waals surface area contributed by atoms with Crippen LogP contribution in [0.25, 0.3) is 0 Å². The third-order valence-electron chi connectivity index (χ3n) is 2.85. The molecule has 1 heterocycles. The van der Waals surface area contributed by atoms with E-state index < -0.39 is 17.9 Å². The molecule has 0 saturated heterocycles. The van der Waals surface area contributed by atoms with Crippen molar-refractivity contribution in [2.24, 2.45) is 0 Å². The quantitative estimate of drug-likeness (QED) is 0.706. The highest BCUT2D eigenvalue weighted by molar-refractivity contribution is 5.94. The molecular formula is C14H20N2O3. The van der Waals surface area contributed by atoms with Gasteiger partial charge in [-0.1, -0.05) is 38.7 Å². The number of unbranched alkanes of at least 4 members (excludes halogenated alkanes) is 3. The van der Waals surface area contributed by atoms with Crippen LogP contribution in [-0.2, 0) is 4.79 Å². The Morgan fingerprint density at radius 3 is 2.68 bits per heavy atom. The van der Waals surface area contributed by atoms with Crippen molar-refractivity contribution in [3.63, 3.8) is 0 Å². The summed E-state index contributed by atoms with van der Waals surface area (Å²) >= 11 is 0. The minimum absolute atomic E-state index is 0.238. The zero-order valence-corrected chi connectivity index (χ0v) is 11.1. The molecule has 0 radical (unpaired) electrons. The van der Waals surface area contributed by atoms with Gasteiger partial charge in [-0.25, -0.2) is 4.79 Å². The van der Waals surface area contributed by atoms with Crippen LogP contribution in [0, 0.1) is 0 Å². The van der Waals surface area contributed by atoms with Crippen LogP contribution >= 0.6 is 0 Å². The molecule has 1 aromatic rings. The van der Waals surface area contributed by atoms with E-state index in [1.54, 1.807) is 18.2 Å². The van der Waals surface area contributed by atoms with E-state index >= 15 is 0 Å². The Bertz CT molecular complexity index is 406. The monoisotopic (exact) mass is 264 g/mol. The van der Waals surface area contributed by atoms with Gasteiger partial charge in [0.05, 0.1) is 0 Å². The lowest BCUT2D eigenvalue weighted by Gasteiger charge is -2.13. The molecule has 1 aromatic heterocycles. The average Bonchev–Trinajstić information content (AvgIpc) is 2.42. The standard InChI is InChI=1S/C14H20N2O3/c1-2-3-4-5-9-12(14(18)19)16-13(17)11-8-6-7-10-15-11/h6-8,10,12H,2-5,9H2,1H3,(H,16,17)(H,18,19)/t12-/m1/s1. The summed E-state index contributed by atoms with van der Waals surface area (Å²) in [5.41, 5.74) is 0.238. The first kappa shape index (κ1) is 15.1. The van der Waals surface area contributed by atoms with E-state index in [-0.39, 0.29) is 5.69 Å². The van der Waals surface area contributed by atoms with Crippen molar-refractivity contribution in [2.75, 3.05) is 0 Å². The second kappa shape index (κ2) is 8.24. The summed E-state index contributed by atoms with van der Waals surface area (Å²) in [6.45, 7) is 2.09. The molecule has 5 heteroatoms. The zero-order chi connectivity index (χ0) is 14.1. The minimum Gasteiger partial charge on any atom is -0.480 e. The molecule has 0 aliphatic carbocycles. The number of amides is 1.